The molecule has 4 rings (SSSR count). The van der Waals surface area contributed by atoms with Gasteiger partial charge in [-0.25, -0.2) is 0 Å². The van der Waals surface area contributed by atoms with E-state index in [1.54, 1.807) is 0 Å². The van der Waals surface area contributed by atoms with Crippen molar-refractivity contribution in [3.05, 3.63) is 47.2 Å². The summed E-state index contributed by atoms with van der Waals surface area (Å²) in [5, 5.41) is 3.08. The molecule has 0 bridgehead atoms. The number of carbonyl (C=O) groups is 1. The van der Waals surface area contributed by atoms with Crippen LogP contribution < -0.4 is 5.32 Å². The lowest BCUT2D eigenvalue weighted by atomic mass is 9.86. The van der Waals surface area contributed by atoms with Crippen LogP contribution in [0, 0.1) is 12.8 Å². The van der Waals surface area contributed by atoms with Crippen molar-refractivity contribution >= 4 is 5.91 Å². The number of benzene rings is 1. The molecular weight excluding hydrogens is 276 g/mol. The number of likely N-dealkylation sites (tertiary alicyclic amines) is 1. The summed E-state index contributed by atoms with van der Waals surface area (Å²) in [6.45, 7) is 4.76. The van der Waals surface area contributed by atoms with Gasteiger partial charge >= 0.3 is 0 Å². The molecule has 1 saturated heterocycles. The minimum atomic E-state index is 0.0391. The van der Waals surface area contributed by atoms with E-state index in [-0.39, 0.29) is 5.91 Å². The maximum absolute atomic E-state index is 12.5. The van der Waals surface area contributed by atoms with E-state index in [1.807, 2.05) is 25.1 Å². The van der Waals surface area contributed by atoms with Crippen molar-refractivity contribution in [1.29, 1.82) is 0 Å². The van der Waals surface area contributed by atoms with Crippen LogP contribution in [0.25, 0.3) is 11.3 Å². The van der Waals surface area contributed by atoms with Crippen molar-refractivity contribution in [2.45, 2.75) is 12.8 Å². The zero-order valence-electron chi connectivity index (χ0n) is 12.9. The fourth-order valence-corrected chi connectivity index (χ4v) is 3.78. The Labute approximate surface area is 130 Å². The summed E-state index contributed by atoms with van der Waals surface area (Å²) in [5.74, 6) is 2.68. The van der Waals surface area contributed by atoms with Crippen LogP contribution in [-0.4, -0.2) is 37.5 Å². The van der Waals surface area contributed by atoms with Crippen LogP contribution in [0.1, 0.15) is 27.6 Å². The molecule has 0 spiro atoms. The summed E-state index contributed by atoms with van der Waals surface area (Å²) in [7, 11) is 2.15. The molecule has 4 nitrogen and oxygen atoms in total. The maximum atomic E-state index is 12.5. The Morgan fingerprint density at radius 3 is 2.86 bits per heavy atom. The number of aryl methyl sites for hydroxylation is 1. The lowest BCUT2D eigenvalue weighted by Gasteiger charge is -2.16. The Balaban J connectivity index is 1.79. The molecule has 1 N–H and O–H groups in total. The summed E-state index contributed by atoms with van der Waals surface area (Å²) in [6, 6.07) is 10.1. The number of fused-ring (bicyclic) bond motifs is 3. The highest BCUT2D eigenvalue weighted by Crippen LogP contribution is 2.37. The number of likely N-dealkylation sites (N-methyl/N-ethyl adjacent to an activating group) is 1. The number of hydrogen-bond acceptors (Lipinski definition) is 3. The normalized spacial score (nSPS) is 24.5. The van der Waals surface area contributed by atoms with Crippen LogP contribution in [0.4, 0.5) is 0 Å². The van der Waals surface area contributed by atoms with Crippen molar-refractivity contribution in [3.63, 3.8) is 0 Å². The van der Waals surface area contributed by atoms with Crippen LogP contribution in [0.2, 0.25) is 0 Å². The number of rotatable bonds is 1. The molecular formula is C18H20N2O2. The smallest absolute Gasteiger partial charge is 0.251 e. The van der Waals surface area contributed by atoms with Crippen molar-refractivity contribution in [3.8, 4) is 11.3 Å². The quantitative estimate of drug-likeness (QED) is 0.880. The fourth-order valence-electron chi connectivity index (χ4n) is 3.78. The Morgan fingerprint density at radius 2 is 2.09 bits per heavy atom. The summed E-state index contributed by atoms with van der Waals surface area (Å²) >= 11 is 0. The van der Waals surface area contributed by atoms with E-state index in [4.69, 9.17) is 4.42 Å². The summed E-state index contributed by atoms with van der Waals surface area (Å²) in [4.78, 5) is 14.8. The molecule has 2 atom stereocenters. The standard InChI is InChI=1S/C18H20N2O2/c1-11-3-6-17(22-11)12-4-5-14-15(7-12)18(21)19-8-13-9-20(2)10-16(13)14/h3-7,13,16H,8-10H2,1-2H3,(H,19,21)/t13-,16-/m0/s1. The second-order valence-electron chi connectivity index (χ2n) is 6.51. The number of nitrogens with zero attached hydrogens (tertiary/aromatic N) is 1. The van der Waals surface area contributed by atoms with E-state index in [0.717, 1.165) is 42.3 Å². The van der Waals surface area contributed by atoms with Crippen LogP contribution in [0.15, 0.2) is 34.7 Å². The topological polar surface area (TPSA) is 45.5 Å². The van der Waals surface area contributed by atoms with Gasteiger partial charge in [0.05, 0.1) is 0 Å². The van der Waals surface area contributed by atoms with Gasteiger partial charge in [0.25, 0.3) is 5.91 Å². The van der Waals surface area contributed by atoms with Gasteiger partial charge in [-0.15, -0.1) is 0 Å². The molecule has 3 heterocycles. The lowest BCUT2D eigenvalue weighted by molar-refractivity contribution is 0.0951. The molecule has 0 radical (unpaired) electrons. The minimum Gasteiger partial charge on any atom is -0.461 e. The highest BCUT2D eigenvalue weighted by molar-refractivity contribution is 5.97. The van der Waals surface area contributed by atoms with Crippen molar-refractivity contribution in [2.75, 3.05) is 26.7 Å². The number of furan rings is 1. The van der Waals surface area contributed by atoms with Crippen LogP contribution in [0.3, 0.4) is 0 Å². The van der Waals surface area contributed by atoms with E-state index in [0.29, 0.717) is 11.8 Å². The fraction of sp³-hybridized carbons (Fsp3) is 0.389. The summed E-state index contributed by atoms with van der Waals surface area (Å²) in [6.07, 6.45) is 0. The largest absolute Gasteiger partial charge is 0.461 e. The first-order valence-corrected chi connectivity index (χ1v) is 7.79. The molecule has 4 heteroatoms. The Bertz CT molecular complexity index is 734. The summed E-state index contributed by atoms with van der Waals surface area (Å²) in [5.41, 5.74) is 2.94. The third-order valence-corrected chi connectivity index (χ3v) is 4.87. The molecule has 1 amide bonds. The number of nitrogens with one attached hydrogen (secondary N) is 1. The molecule has 1 aromatic heterocycles. The maximum Gasteiger partial charge on any atom is 0.251 e. The third-order valence-electron chi connectivity index (χ3n) is 4.87. The van der Waals surface area contributed by atoms with E-state index in [2.05, 4.69) is 29.4 Å². The molecule has 1 fully saturated rings. The molecule has 0 aliphatic carbocycles. The third kappa shape index (κ3) is 2.15. The van der Waals surface area contributed by atoms with Gasteiger partial charge in [-0.1, -0.05) is 12.1 Å². The van der Waals surface area contributed by atoms with E-state index >= 15 is 0 Å². The van der Waals surface area contributed by atoms with Gasteiger partial charge in [-0.05, 0) is 43.7 Å². The Kier molecular flexibility index (Phi) is 3.08. The summed E-state index contributed by atoms with van der Waals surface area (Å²) < 4.78 is 5.69. The highest BCUT2D eigenvalue weighted by atomic mass is 16.3. The van der Waals surface area contributed by atoms with Crippen molar-refractivity contribution in [1.82, 2.24) is 10.2 Å². The van der Waals surface area contributed by atoms with E-state index < -0.39 is 0 Å². The Hall–Kier alpha value is -2.07. The average molecular weight is 296 g/mol. The molecule has 0 saturated carbocycles. The van der Waals surface area contributed by atoms with Crippen LogP contribution in [0.5, 0.6) is 0 Å². The van der Waals surface area contributed by atoms with Gasteiger partial charge in [0.1, 0.15) is 11.5 Å². The molecule has 22 heavy (non-hydrogen) atoms. The molecule has 2 aromatic rings. The Morgan fingerprint density at radius 1 is 1.23 bits per heavy atom. The van der Waals surface area contributed by atoms with E-state index in [1.165, 1.54) is 5.56 Å². The first kappa shape index (κ1) is 13.6. The van der Waals surface area contributed by atoms with Gasteiger partial charge in [0.15, 0.2) is 0 Å². The average Bonchev–Trinajstić information content (AvgIpc) is 3.07. The SMILES string of the molecule is Cc1ccc(-c2ccc3c(c2)C(=O)NC[C@H]2CN(C)C[C@H]32)o1. The molecule has 2 aliphatic heterocycles. The van der Waals surface area contributed by atoms with Crippen molar-refractivity contribution in [2.24, 2.45) is 5.92 Å². The van der Waals surface area contributed by atoms with Gasteiger partial charge in [0, 0.05) is 36.7 Å². The predicted octanol–water partition coefficient (Wildman–Crippen LogP) is 2.64. The molecule has 1 aromatic carbocycles. The monoisotopic (exact) mass is 296 g/mol. The molecule has 0 unspecified atom stereocenters. The van der Waals surface area contributed by atoms with Gasteiger partial charge in [0.2, 0.25) is 0 Å². The lowest BCUT2D eigenvalue weighted by Crippen LogP contribution is -2.29. The second kappa shape index (κ2) is 4.99. The zero-order chi connectivity index (χ0) is 15.3. The zero-order valence-corrected chi connectivity index (χ0v) is 12.9. The second-order valence-corrected chi connectivity index (χ2v) is 6.51. The van der Waals surface area contributed by atoms with Gasteiger partial charge in [-0.2, -0.15) is 0 Å². The minimum absolute atomic E-state index is 0.0391. The number of carbonyl (C=O) groups excluding carboxylic acids is 1. The van der Waals surface area contributed by atoms with Crippen LogP contribution in [-0.2, 0) is 0 Å². The van der Waals surface area contributed by atoms with Gasteiger partial charge < -0.3 is 14.6 Å². The van der Waals surface area contributed by atoms with Crippen molar-refractivity contribution < 1.29 is 9.21 Å². The van der Waals surface area contributed by atoms with Gasteiger partial charge in [-0.3, -0.25) is 4.79 Å². The first-order valence-electron chi connectivity index (χ1n) is 7.79. The molecule has 114 valence electrons. The van der Waals surface area contributed by atoms with Crippen LogP contribution >= 0.6 is 0 Å². The molecule has 2 aliphatic rings. The van der Waals surface area contributed by atoms with E-state index in [9.17, 15) is 4.79 Å². The predicted molar refractivity (Wildman–Crippen MR) is 84.9 cm³/mol. The highest BCUT2D eigenvalue weighted by Gasteiger charge is 2.36. The number of amides is 1. The number of hydrogen-bond donors (Lipinski definition) is 1. The first-order chi connectivity index (χ1) is 10.6.